The van der Waals surface area contributed by atoms with Gasteiger partial charge in [-0.1, -0.05) is 69.1 Å². The van der Waals surface area contributed by atoms with Gasteiger partial charge in [-0.25, -0.2) is 4.99 Å². The van der Waals surface area contributed by atoms with E-state index in [1.165, 1.54) is 5.56 Å². The van der Waals surface area contributed by atoms with Crippen molar-refractivity contribution in [3.05, 3.63) is 112 Å². The number of hydrogen-bond acceptors (Lipinski definition) is 7. The third-order valence-corrected chi connectivity index (χ3v) is 8.03. The van der Waals surface area contributed by atoms with E-state index in [1.54, 1.807) is 18.9 Å². The van der Waals surface area contributed by atoms with Crippen molar-refractivity contribution >= 4 is 49.9 Å². The largest absolute Gasteiger partial charge is 0.497 e. The van der Waals surface area contributed by atoms with E-state index in [4.69, 9.17) is 24.5 Å². The van der Waals surface area contributed by atoms with Crippen molar-refractivity contribution in [1.29, 1.82) is 0 Å². The molecule has 0 saturated heterocycles. The van der Waals surface area contributed by atoms with Crippen LogP contribution in [0.1, 0.15) is 23.1 Å². The zero-order chi connectivity index (χ0) is 27.0. The van der Waals surface area contributed by atoms with Crippen LogP contribution in [0.2, 0.25) is 0 Å². The van der Waals surface area contributed by atoms with E-state index >= 15 is 0 Å². The zero-order valence-electron chi connectivity index (χ0n) is 21.7. The Morgan fingerprint density at radius 2 is 1.67 bits per heavy atom. The van der Waals surface area contributed by atoms with Gasteiger partial charge in [0.25, 0.3) is 0 Å². The molecule has 0 amide bonds. The molecule has 1 atom stereocenters. The SMILES string of the molecule is COc1cccc(Oc2ccc3c(c2)N2C(c4ccc(Br)cc4)=NOC2(c2ccc(C)cc2)CC(SC)=N3)c1. The highest BCUT2D eigenvalue weighted by molar-refractivity contribution is 9.10. The number of nitrogens with zero attached hydrogens (tertiary/aromatic N) is 3. The van der Waals surface area contributed by atoms with Crippen LogP contribution in [0.5, 0.6) is 17.2 Å². The molecule has 39 heavy (non-hydrogen) atoms. The number of anilines is 1. The number of methoxy groups -OCH3 is 1. The van der Waals surface area contributed by atoms with E-state index in [1.807, 2.05) is 73.0 Å². The molecule has 1 unspecified atom stereocenters. The Labute approximate surface area is 240 Å². The van der Waals surface area contributed by atoms with Gasteiger partial charge in [-0.15, -0.1) is 11.8 Å². The Morgan fingerprint density at radius 1 is 0.923 bits per heavy atom. The van der Waals surface area contributed by atoms with E-state index in [0.29, 0.717) is 23.8 Å². The van der Waals surface area contributed by atoms with Crippen LogP contribution in [-0.2, 0) is 10.6 Å². The van der Waals surface area contributed by atoms with Crippen molar-refractivity contribution in [1.82, 2.24) is 0 Å². The molecule has 0 fully saturated rings. The van der Waals surface area contributed by atoms with Gasteiger partial charge in [0.05, 0.1) is 29.9 Å². The van der Waals surface area contributed by atoms with Crippen LogP contribution in [0.15, 0.2) is 106 Å². The van der Waals surface area contributed by atoms with Gasteiger partial charge in [0.2, 0.25) is 5.72 Å². The van der Waals surface area contributed by atoms with Gasteiger partial charge in [-0.3, -0.25) is 4.90 Å². The predicted molar refractivity (Wildman–Crippen MR) is 162 cm³/mol. The first-order valence-corrected chi connectivity index (χ1v) is 14.5. The lowest BCUT2D eigenvalue weighted by molar-refractivity contribution is -0.0148. The second-order valence-corrected chi connectivity index (χ2v) is 11.1. The number of halogens is 1. The fraction of sp³-hybridized carbons (Fsp3) is 0.161. The second-order valence-electron chi connectivity index (χ2n) is 9.32. The number of amidine groups is 1. The summed E-state index contributed by atoms with van der Waals surface area (Å²) in [6, 6.07) is 30.0. The first-order chi connectivity index (χ1) is 19.0. The maximum absolute atomic E-state index is 6.48. The molecule has 0 saturated carbocycles. The van der Waals surface area contributed by atoms with Crippen molar-refractivity contribution in [2.75, 3.05) is 18.3 Å². The Hall–Kier alpha value is -3.75. The number of aliphatic imine (C=N–C) groups is 1. The number of aryl methyl sites for hydroxylation is 1. The van der Waals surface area contributed by atoms with Crippen LogP contribution in [0.25, 0.3) is 0 Å². The van der Waals surface area contributed by atoms with Gasteiger partial charge in [0.1, 0.15) is 17.2 Å². The topological polar surface area (TPSA) is 55.7 Å². The number of rotatable bonds is 5. The van der Waals surface area contributed by atoms with E-state index in [0.717, 1.165) is 37.8 Å². The van der Waals surface area contributed by atoms with Crippen molar-refractivity contribution in [2.24, 2.45) is 10.1 Å². The Morgan fingerprint density at radius 3 is 2.41 bits per heavy atom. The molecule has 2 aliphatic rings. The van der Waals surface area contributed by atoms with Crippen LogP contribution in [0, 0.1) is 6.92 Å². The molecule has 0 bridgehead atoms. The monoisotopic (exact) mass is 599 g/mol. The number of fused-ring (bicyclic) bond motifs is 3. The quantitative estimate of drug-likeness (QED) is 0.230. The molecule has 4 aromatic rings. The summed E-state index contributed by atoms with van der Waals surface area (Å²) in [5, 5.41) is 5.65. The Bertz CT molecular complexity index is 1590. The van der Waals surface area contributed by atoms with E-state index in [9.17, 15) is 0 Å². The molecule has 196 valence electrons. The van der Waals surface area contributed by atoms with E-state index in [-0.39, 0.29) is 0 Å². The molecule has 0 aromatic heterocycles. The van der Waals surface area contributed by atoms with Crippen LogP contribution >= 0.6 is 27.7 Å². The summed E-state index contributed by atoms with van der Waals surface area (Å²) in [5.41, 5.74) is 3.86. The molecule has 6 rings (SSSR count). The van der Waals surface area contributed by atoms with Gasteiger partial charge >= 0.3 is 0 Å². The number of benzene rings is 4. The van der Waals surface area contributed by atoms with Gasteiger partial charge in [-0.05, 0) is 49.6 Å². The molecule has 2 aliphatic heterocycles. The van der Waals surface area contributed by atoms with Crippen LogP contribution in [-0.4, -0.2) is 24.2 Å². The van der Waals surface area contributed by atoms with E-state index < -0.39 is 5.72 Å². The molecule has 2 heterocycles. The highest BCUT2D eigenvalue weighted by Gasteiger charge is 2.51. The Kier molecular flexibility index (Phi) is 6.83. The van der Waals surface area contributed by atoms with Crippen LogP contribution < -0.4 is 14.4 Å². The van der Waals surface area contributed by atoms with Crippen molar-refractivity contribution in [2.45, 2.75) is 19.1 Å². The van der Waals surface area contributed by atoms with Gasteiger partial charge in [0.15, 0.2) is 5.84 Å². The third-order valence-electron chi connectivity index (χ3n) is 6.80. The number of ether oxygens (including phenoxy) is 2. The highest BCUT2D eigenvalue weighted by atomic mass is 79.9. The molecule has 8 heteroatoms. The van der Waals surface area contributed by atoms with Crippen LogP contribution in [0.4, 0.5) is 11.4 Å². The highest BCUT2D eigenvalue weighted by Crippen LogP contribution is 2.50. The summed E-state index contributed by atoms with van der Waals surface area (Å²) in [7, 11) is 1.64. The summed E-state index contributed by atoms with van der Waals surface area (Å²) in [4.78, 5) is 13.7. The van der Waals surface area contributed by atoms with Crippen molar-refractivity contribution in [3.63, 3.8) is 0 Å². The fourth-order valence-electron chi connectivity index (χ4n) is 4.81. The summed E-state index contributed by atoms with van der Waals surface area (Å²) in [6.07, 6.45) is 2.57. The molecular formula is C31H26BrN3O3S. The third kappa shape index (κ3) is 4.79. The lowest BCUT2D eigenvalue weighted by Gasteiger charge is -2.37. The fourth-order valence-corrected chi connectivity index (χ4v) is 5.60. The van der Waals surface area contributed by atoms with Crippen molar-refractivity contribution < 1.29 is 14.3 Å². The minimum Gasteiger partial charge on any atom is -0.497 e. The second kappa shape index (κ2) is 10.4. The van der Waals surface area contributed by atoms with Crippen molar-refractivity contribution in [3.8, 4) is 17.2 Å². The summed E-state index contributed by atoms with van der Waals surface area (Å²) >= 11 is 5.17. The van der Waals surface area contributed by atoms with Gasteiger partial charge in [0, 0.05) is 27.7 Å². The molecular weight excluding hydrogens is 574 g/mol. The first-order valence-electron chi connectivity index (χ1n) is 12.5. The normalized spacial score (nSPS) is 17.8. The summed E-state index contributed by atoms with van der Waals surface area (Å²) < 4.78 is 12.7. The predicted octanol–water partition coefficient (Wildman–Crippen LogP) is 8.41. The molecule has 6 nitrogen and oxygen atoms in total. The van der Waals surface area contributed by atoms with Gasteiger partial charge in [-0.2, -0.15) is 0 Å². The van der Waals surface area contributed by atoms with Crippen LogP contribution in [0.3, 0.4) is 0 Å². The molecule has 0 aliphatic carbocycles. The first kappa shape index (κ1) is 25.5. The van der Waals surface area contributed by atoms with E-state index in [2.05, 4.69) is 52.0 Å². The Balaban J connectivity index is 1.53. The lowest BCUT2D eigenvalue weighted by Crippen LogP contribution is -2.47. The molecule has 0 radical (unpaired) electrons. The summed E-state index contributed by atoms with van der Waals surface area (Å²) in [6.45, 7) is 2.08. The number of oxime groups is 1. The zero-order valence-corrected chi connectivity index (χ0v) is 24.1. The minimum atomic E-state index is -0.919. The number of hydrogen-bond donors (Lipinski definition) is 0. The lowest BCUT2D eigenvalue weighted by atomic mass is 9.95. The average molecular weight is 601 g/mol. The molecule has 4 aromatic carbocycles. The maximum atomic E-state index is 6.48. The molecule has 0 N–H and O–H groups in total. The van der Waals surface area contributed by atoms with Gasteiger partial charge < -0.3 is 14.3 Å². The summed E-state index contributed by atoms with van der Waals surface area (Å²) in [5.74, 6) is 2.79. The standard InChI is InChI=1S/C31H26BrN3O3S/c1-20-7-11-22(12-8-20)31-19-29(39-3)33-27-16-15-26(37-25-6-4-5-24(17-25)36-2)18-28(27)35(31)30(34-38-31)21-9-13-23(32)14-10-21/h4-18H,19H2,1-3H3. The minimum absolute atomic E-state index is 0.529. The number of thioether (sulfide) groups is 1. The average Bonchev–Trinajstić information content (AvgIpc) is 3.27. The smallest absolute Gasteiger partial charge is 0.247 e. The maximum Gasteiger partial charge on any atom is 0.247 e. The molecule has 0 spiro atoms.